The lowest BCUT2D eigenvalue weighted by molar-refractivity contribution is -0.361. The van der Waals surface area contributed by atoms with Gasteiger partial charge in [0.1, 0.15) is 103 Å². The van der Waals surface area contributed by atoms with E-state index in [-0.39, 0.29) is 5.56 Å². The summed E-state index contributed by atoms with van der Waals surface area (Å²) < 4.78 is 84.0. The van der Waals surface area contributed by atoms with Crippen LogP contribution < -0.4 is 26.0 Å². The first-order valence-corrected chi connectivity index (χ1v) is 27.3. The van der Waals surface area contributed by atoms with Crippen LogP contribution in [0.4, 0.5) is 0 Å². The molecular formula is C48H78N4O25S. The minimum atomic E-state index is -5.16. The molecular weight excluding hydrogens is 1060 g/mol. The highest BCUT2D eigenvalue weighted by atomic mass is 32.3. The number of rotatable bonds is 28. The molecule has 4 aliphatic rings. The number of aliphatic hydroxyl groups is 9. The smallest absolute Gasteiger partial charge is 0.397 e. The summed E-state index contributed by atoms with van der Waals surface area (Å²) in [6.07, 6.45) is -19.4. The predicted octanol–water partition coefficient (Wildman–Crippen LogP) is -4.14. The van der Waals surface area contributed by atoms with Crippen molar-refractivity contribution in [3.63, 3.8) is 0 Å². The molecule has 1 aromatic rings. The van der Waals surface area contributed by atoms with Gasteiger partial charge in [0, 0.05) is 26.3 Å². The maximum Gasteiger partial charge on any atom is 0.397 e. The van der Waals surface area contributed by atoms with Gasteiger partial charge < -0.3 is 105 Å². The third-order valence-electron chi connectivity index (χ3n) is 13.6. The second-order valence-electron chi connectivity index (χ2n) is 19.6. The molecule has 0 aliphatic carbocycles. The van der Waals surface area contributed by atoms with E-state index >= 15 is 0 Å². The highest BCUT2D eigenvalue weighted by molar-refractivity contribution is 7.80. The third kappa shape index (κ3) is 18.1. The number of hydrogen-bond acceptors (Lipinski definition) is 24. The van der Waals surface area contributed by atoms with E-state index < -0.39 is 183 Å². The fourth-order valence-electron chi connectivity index (χ4n) is 9.64. The summed E-state index contributed by atoms with van der Waals surface area (Å²) in [6, 6.07) is -0.593. The summed E-state index contributed by atoms with van der Waals surface area (Å²) in [6.45, 7) is 1.68. The third-order valence-corrected chi connectivity index (χ3v) is 14.0. The maximum absolute atomic E-state index is 13.8. The maximum atomic E-state index is 13.8. The molecule has 9 unspecified atom stereocenters. The average molecular weight is 1140 g/mol. The monoisotopic (exact) mass is 1140 g/mol. The Bertz CT molecular complexity index is 2170. The van der Waals surface area contributed by atoms with Crippen LogP contribution in [0.5, 0.6) is 5.75 Å². The fraction of sp³-hybridized carbons (Fsp3) is 0.792. The summed E-state index contributed by atoms with van der Waals surface area (Å²) in [5, 5.41) is 109. The molecule has 29 nitrogen and oxygen atoms in total. The number of carbonyl (C=O) groups excluding carboxylic acids is 4. The van der Waals surface area contributed by atoms with E-state index in [1.165, 1.54) is 44.2 Å². The lowest BCUT2D eigenvalue weighted by Crippen LogP contribution is -2.71. The molecule has 4 fully saturated rings. The molecule has 78 heavy (non-hydrogen) atoms. The van der Waals surface area contributed by atoms with E-state index in [1.807, 2.05) is 0 Å². The molecule has 5 rings (SSSR count). The summed E-state index contributed by atoms with van der Waals surface area (Å²) in [5.41, 5.74) is 0.0727. The van der Waals surface area contributed by atoms with Crippen LogP contribution in [0.2, 0.25) is 0 Å². The zero-order valence-electron chi connectivity index (χ0n) is 43.8. The first-order valence-electron chi connectivity index (χ1n) is 26.0. The quantitative estimate of drug-likeness (QED) is 0.0280. The highest BCUT2D eigenvalue weighted by Crippen LogP contribution is 2.35. The van der Waals surface area contributed by atoms with Crippen molar-refractivity contribution >= 4 is 34.0 Å². The Morgan fingerprint density at radius 1 is 0.551 bits per heavy atom. The Kier molecular flexibility index (Phi) is 25.7. The summed E-state index contributed by atoms with van der Waals surface area (Å²) in [5.74, 6) is -2.81. The van der Waals surface area contributed by atoms with Crippen LogP contribution in [-0.4, -0.2) is 238 Å². The van der Waals surface area contributed by atoms with E-state index in [0.717, 1.165) is 46.5 Å². The summed E-state index contributed by atoms with van der Waals surface area (Å²) in [4.78, 5) is 51.1. The number of aliphatic hydroxyl groups excluding tert-OH is 9. The van der Waals surface area contributed by atoms with Crippen molar-refractivity contribution in [1.82, 2.24) is 21.3 Å². The van der Waals surface area contributed by atoms with E-state index in [1.54, 1.807) is 12.1 Å². The molecule has 0 aromatic heterocycles. The molecule has 0 spiro atoms. The van der Waals surface area contributed by atoms with E-state index in [9.17, 15) is 78.1 Å². The Hall–Kier alpha value is -3.87. The van der Waals surface area contributed by atoms with Crippen molar-refractivity contribution in [2.45, 2.75) is 208 Å². The van der Waals surface area contributed by atoms with Gasteiger partial charge in [-0.15, -0.1) is 0 Å². The molecule has 4 heterocycles. The number of benzene rings is 1. The fourth-order valence-corrected chi connectivity index (χ4v) is 9.95. The van der Waals surface area contributed by atoms with E-state index in [0.29, 0.717) is 12.4 Å². The molecule has 0 radical (unpaired) electrons. The van der Waals surface area contributed by atoms with Gasteiger partial charge in [0.2, 0.25) is 17.7 Å². The second kappa shape index (κ2) is 30.8. The molecule has 0 saturated carbocycles. The van der Waals surface area contributed by atoms with Gasteiger partial charge in [-0.3, -0.25) is 23.7 Å². The van der Waals surface area contributed by atoms with Gasteiger partial charge in [-0.05, 0) is 24.6 Å². The van der Waals surface area contributed by atoms with Gasteiger partial charge in [-0.25, -0.2) is 4.18 Å². The molecule has 1 aromatic carbocycles. The Morgan fingerprint density at radius 2 is 0.987 bits per heavy atom. The van der Waals surface area contributed by atoms with Crippen LogP contribution in [0, 0.1) is 0 Å². The van der Waals surface area contributed by atoms with Crippen LogP contribution in [0.25, 0.3) is 0 Å². The molecule has 4 aliphatic heterocycles. The van der Waals surface area contributed by atoms with Crippen molar-refractivity contribution in [2.75, 3.05) is 33.0 Å². The first-order chi connectivity index (χ1) is 37.0. The Balaban J connectivity index is 1.34. The SMILES string of the molecule is CCCCCCCCCCCOc1cccc(C(=O)NC2[C@H](O[C@H]3C(O)C(NC(C)=O)[C@H](O[C@@H]4C(CO)O[C@@H](O[C@H]5C(O)C(NC(C)=O)C(O)O[C@H]5COS(=O)(=O)O)C(NC(C)=O)[C@H]4O)O[C@H]3CO)OC(CO)[C@@H](O)[C@@H]2O)c1. The van der Waals surface area contributed by atoms with Crippen molar-refractivity contribution in [2.24, 2.45) is 0 Å². The number of hydrogen-bond donors (Lipinski definition) is 14. The molecule has 30 heteroatoms. The number of amides is 4. The normalized spacial score (nSPS) is 35.3. The molecule has 20 atom stereocenters. The summed E-state index contributed by atoms with van der Waals surface area (Å²) in [7, 11) is -5.16. The van der Waals surface area contributed by atoms with Gasteiger partial charge in [0.25, 0.3) is 5.91 Å². The van der Waals surface area contributed by atoms with E-state index in [2.05, 4.69) is 32.4 Å². The first kappa shape index (κ1) is 64.9. The van der Waals surface area contributed by atoms with Crippen LogP contribution in [-0.2, 0) is 62.1 Å². The van der Waals surface area contributed by atoms with Crippen LogP contribution in [0.1, 0.15) is 95.8 Å². The second-order valence-corrected chi connectivity index (χ2v) is 20.7. The van der Waals surface area contributed by atoms with Crippen LogP contribution in [0.3, 0.4) is 0 Å². The van der Waals surface area contributed by atoms with Crippen molar-refractivity contribution in [3.8, 4) is 5.75 Å². The molecule has 0 bridgehead atoms. The largest absolute Gasteiger partial charge is 0.494 e. The van der Waals surface area contributed by atoms with Crippen molar-refractivity contribution in [1.29, 1.82) is 0 Å². The summed E-state index contributed by atoms with van der Waals surface area (Å²) >= 11 is 0. The minimum Gasteiger partial charge on any atom is -0.494 e. The number of ether oxygens (including phenoxy) is 8. The Labute approximate surface area is 451 Å². The minimum absolute atomic E-state index is 0.0727. The van der Waals surface area contributed by atoms with E-state index in [4.69, 9.17) is 37.9 Å². The van der Waals surface area contributed by atoms with Crippen molar-refractivity contribution < 1.29 is 120 Å². The topological polar surface area (TPSA) is 436 Å². The highest BCUT2D eigenvalue weighted by Gasteiger charge is 2.56. The Morgan fingerprint density at radius 3 is 1.46 bits per heavy atom. The van der Waals surface area contributed by atoms with Crippen molar-refractivity contribution in [3.05, 3.63) is 29.8 Å². The van der Waals surface area contributed by atoms with Crippen LogP contribution >= 0.6 is 0 Å². The standard InChI is InChI=1S/C48H78N4O25S/c1-5-6-7-8-9-10-11-12-13-17-69-27-16-14-15-26(18-27)44(64)52-33-37(60)36(59)28(19-53)72-46(33)75-41-29(20-54)73-47(34(39(41)62)50-24(3)57)76-42-30(21-55)74-48(35(40(42)63)51-25(4)58)77-43-31(22-70-78(66,67)68)71-45(65)32(38(43)61)49-23(2)56/h14-16,18,28-43,45-48,53-55,59-63,65H,5-13,17,19-22H2,1-4H3,(H,49,56)(H,50,57)(H,51,58)(H,52,64)(H,66,67,68)/t28?,29-,30?,31-,32?,33?,34?,35?,36+,37+,38?,39?,40+,41+,42+,43+,45?,46-,47-,48-/m0/s1. The van der Waals surface area contributed by atoms with Gasteiger partial charge in [0.05, 0.1) is 33.0 Å². The molecule has 4 saturated heterocycles. The van der Waals surface area contributed by atoms with Gasteiger partial charge in [-0.2, -0.15) is 8.42 Å². The number of unbranched alkanes of at least 4 members (excludes halogenated alkanes) is 8. The molecule has 14 N–H and O–H groups in total. The van der Waals surface area contributed by atoms with Gasteiger partial charge in [-0.1, -0.05) is 64.4 Å². The zero-order valence-corrected chi connectivity index (χ0v) is 44.6. The lowest BCUT2D eigenvalue weighted by Gasteiger charge is -2.51. The van der Waals surface area contributed by atoms with Gasteiger partial charge >= 0.3 is 10.4 Å². The molecule has 446 valence electrons. The molecule has 4 amide bonds. The zero-order chi connectivity index (χ0) is 57.4. The average Bonchev–Trinajstić information content (AvgIpc) is 3.47. The number of nitrogens with one attached hydrogen (secondary N) is 4. The number of carbonyl (C=O) groups is 4. The lowest BCUT2D eigenvalue weighted by atomic mass is 9.93. The predicted molar refractivity (Wildman–Crippen MR) is 264 cm³/mol. The van der Waals surface area contributed by atoms with Gasteiger partial charge in [0.15, 0.2) is 25.2 Å². The van der Waals surface area contributed by atoms with Crippen LogP contribution in [0.15, 0.2) is 24.3 Å².